The van der Waals surface area contributed by atoms with E-state index in [4.69, 9.17) is 9.26 Å². The van der Waals surface area contributed by atoms with Gasteiger partial charge in [-0.2, -0.15) is 0 Å². The van der Waals surface area contributed by atoms with Gasteiger partial charge in [-0.15, -0.1) is 0 Å². The van der Waals surface area contributed by atoms with Crippen molar-refractivity contribution in [3.8, 4) is 0 Å². The second-order valence-corrected chi connectivity index (χ2v) is 6.04. The van der Waals surface area contributed by atoms with Crippen LogP contribution in [-0.4, -0.2) is 39.4 Å². The summed E-state index contributed by atoms with van der Waals surface area (Å²) in [6.45, 7) is 11.3. The molecule has 0 spiro atoms. The lowest BCUT2D eigenvalue weighted by Crippen LogP contribution is -2.30. The Kier molecular flexibility index (Phi) is 4.59. The van der Waals surface area contributed by atoms with Gasteiger partial charge in [0.2, 0.25) is 0 Å². The second kappa shape index (κ2) is 6.62. The molecule has 3 heterocycles. The molecule has 0 saturated carbocycles. The molecule has 1 aliphatic rings. The van der Waals surface area contributed by atoms with Gasteiger partial charge in [0.1, 0.15) is 5.76 Å². The summed E-state index contributed by atoms with van der Waals surface area (Å²) in [5.74, 6) is 1.38. The van der Waals surface area contributed by atoms with Gasteiger partial charge in [0.25, 0.3) is 0 Å². The van der Waals surface area contributed by atoms with Gasteiger partial charge in [0.15, 0.2) is 0 Å². The Morgan fingerprint density at radius 1 is 1.36 bits per heavy atom. The van der Waals surface area contributed by atoms with Crippen molar-refractivity contribution in [1.29, 1.82) is 0 Å². The molecule has 0 bridgehead atoms. The van der Waals surface area contributed by atoms with Crippen LogP contribution in [0, 0.1) is 19.8 Å². The van der Waals surface area contributed by atoms with E-state index in [-0.39, 0.29) is 0 Å². The summed E-state index contributed by atoms with van der Waals surface area (Å²) in [5.41, 5.74) is 3.44. The van der Waals surface area contributed by atoms with E-state index in [1.54, 1.807) is 0 Å². The zero-order valence-corrected chi connectivity index (χ0v) is 13.6. The van der Waals surface area contributed by atoms with Gasteiger partial charge in [0, 0.05) is 50.5 Å². The van der Waals surface area contributed by atoms with E-state index >= 15 is 0 Å². The fourth-order valence-corrected chi connectivity index (χ4v) is 3.10. The van der Waals surface area contributed by atoms with Crippen LogP contribution in [0.4, 0.5) is 0 Å². The maximum atomic E-state index is 5.66. The average molecular weight is 304 g/mol. The van der Waals surface area contributed by atoms with Crippen molar-refractivity contribution in [3.05, 3.63) is 35.2 Å². The zero-order chi connectivity index (χ0) is 15.5. The molecule has 1 atom stereocenters. The van der Waals surface area contributed by atoms with E-state index in [1.807, 2.05) is 33.3 Å². The minimum absolute atomic E-state index is 0.468. The summed E-state index contributed by atoms with van der Waals surface area (Å²) in [7, 11) is 0. The largest absolute Gasteiger partial charge is 0.381 e. The van der Waals surface area contributed by atoms with Crippen LogP contribution in [0.25, 0.3) is 0 Å². The van der Waals surface area contributed by atoms with Crippen molar-refractivity contribution < 1.29 is 9.26 Å². The molecule has 0 radical (unpaired) electrons. The highest BCUT2D eigenvalue weighted by atomic mass is 16.5. The SMILES string of the molecule is CCOC[C@H]1CN(Cc2c(C)noc2C)Cc2cncn2C1. The molecule has 120 valence electrons. The monoisotopic (exact) mass is 304 g/mol. The lowest BCUT2D eigenvalue weighted by Gasteiger charge is -2.23. The van der Waals surface area contributed by atoms with E-state index in [1.165, 1.54) is 11.3 Å². The average Bonchev–Trinajstić information content (AvgIpc) is 3.01. The number of hydrogen-bond donors (Lipinski definition) is 0. The third-order valence-corrected chi connectivity index (χ3v) is 4.28. The van der Waals surface area contributed by atoms with Crippen LogP contribution in [0.1, 0.15) is 29.6 Å². The minimum atomic E-state index is 0.468. The van der Waals surface area contributed by atoms with Crippen molar-refractivity contribution in [2.75, 3.05) is 19.8 Å². The molecule has 0 saturated heterocycles. The summed E-state index contributed by atoms with van der Waals surface area (Å²) in [6, 6.07) is 0. The Morgan fingerprint density at radius 3 is 2.95 bits per heavy atom. The summed E-state index contributed by atoms with van der Waals surface area (Å²) in [4.78, 5) is 6.73. The summed E-state index contributed by atoms with van der Waals surface area (Å²) < 4.78 is 13.2. The Labute approximate surface area is 131 Å². The highest BCUT2D eigenvalue weighted by Crippen LogP contribution is 2.21. The normalized spacial score (nSPS) is 19.1. The van der Waals surface area contributed by atoms with Crippen LogP contribution in [0.15, 0.2) is 17.0 Å². The lowest BCUT2D eigenvalue weighted by atomic mass is 10.1. The highest BCUT2D eigenvalue weighted by molar-refractivity contribution is 5.20. The number of nitrogens with zero attached hydrogens (tertiary/aromatic N) is 4. The smallest absolute Gasteiger partial charge is 0.138 e. The molecule has 0 N–H and O–H groups in total. The fourth-order valence-electron chi connectivity index (χ4n) is 3.10. The fraction of sp³-hybridized carbons (Fsp3) is 0.625. The Balaban J connectivity index is 1.78. The van der Waals surface area contributed by atoms with Crippen molar-refractivity contribution in [2.45, 2.75) is 40.4 Å². The molecular formula is C16H24N4O2. The number of aryl methyl sites for hydroxylation is 2. The van der Waals surface area contributed by atoms with Crippen molar-refractivity contribution in [1.82, 2.24) is 19.6 Å². The van der Waals surface area contributed by atoms with Crippen molar-refractivity contribution in [2.24, 2.45) is 5.92 Å². The first-order chi connectivity index (χ1) is 10.7. The number of rotatable bonds is 5. The molecule has 0 unspecified atom stereocenters. The quantitative estimate of drug-likeness (QED) is 0.847. The van der Waals surface area contributed by atoms with Crippen molar-refractivity contribution >= 4 is 0 Å². The van der Waals surface area contributed by atoms with E-state index in [0.717, 1.165) is 50.8 Å². The molecular weight excluding hydrogens is 280 g/mol. The zero-order valence-electron chi connectivity index (χ0n) is 13.6. The van der Waals surface area contributed by atoms with Crippen LogP contribution in [-0.2, 0) is 24.4 Å². The van der Waals surface area contributed by atoms with Gasteiger partial charge in [0.05, 0.1) is 24.3 Å². The third kappa shape index (κ3) is 3.23. The molecule has 2 aromatic heterocycles. The number of aromatic nitrogens is 3. The molecule has 3 rings (SSSR count). The number of ether oxygens (including phenoxy) is 1. The molecule has 1 aliphatic heterocycles. The van der Waals surface area contributed by atoms with E-state index in [0.29, 0.717) is 5.92 Å². The Bertz CT molecular complexity index is 600. The van der Waals surface area contributed by atoms with Gasteiger partial charge in [-0.25, -0.2) is 4.98 Å². The molecule has 6 heteroatoms. The van der Waals surface area contributed by atoms with E-state index in [9.17, 15) is 0 Å². The van der Waals surface area contributed by atoms with Gasteiger partial charge in [-0.3, -0.25) is 4.90 Å². The number of fused-ring (bicyclic) bond motifs is 1. The first-order valence-corrected chi connectivity index (χ1v) is 7.88. The Hall–Kier alpha value is -1.66. The van der Waals surface area contributed by atoms with E-state index in [2.05, 4.69) is 19.6 Å². The third-order valence-electron chi connectivity index (χ3n) is 4.28. The molecule has 0 amide bonds. The minimum Gasteiger partial charge on any atom is -0.381 e. The van der Waals surface area contributed by atoms with Gasteiger partial charge >= 0.3 is 0 Å². The second-order valence-electron chi connectivity index (χ2n) is 6.04. The van der Waals surface area contributed by atoms with Gasteiger partial charge in [-0.05, 0) is 20.8 Å². The predicted octanol–water partition coefficient (Wildman–Crippen LogP) is 2.16. The first kappa shape index (κ1) is 15.2. The highest BCUT2D eigenvalue weighted by Gasteiger charge is 2.23. The van der Waals surface area contributed by atoms with Crippen LogP contribution >= 0.6 is 0 Å². The number of hydrogen-bond acceptors (Lipinski definition) is 5. The van der Waals surface area contributed by atoms with Crippen LogP contribution in [0.2, 0.25) is 0 Å². The first-order valence-electron chi connectivity index (χ1n) is 7.88. The Morgan fingerprint density at radius 2 is 2.23 bits per heavy atom. The van der Waals surface area contributed by atoms with Crippen LogP contribution in [0.3, 0.4) is 0 Å². The molecule has 0 aliphatic carbocycles. The molecule has 0 fully saturated rings. The van der Waals surface area contributed by atoms with Gasteiger partial charge in [-0.1, -0.05) is 5.16 Å². The molecule has 22 heavy (non-hydrogen) atoms. The topological polar surface area (TPSA) is 56.3 Å². The van der Waals surface area contributed by atoms with E-state index < -0.39 is 0 Å². The molecule has 2 aromatic rings. The van der Waals surface area contributed by atoms with Gasteiger partial charge < -0.3 is 13.8 Å². The summed E-state index contributed by atoms with van der Waals surface area (Å²) in [5, 5.41) is 4.06. The summed E-state index contributed by atoms with van der Waals surface area (Å²) >= 11 is 0. The maximum absolute atomic E-state index is 5.66. The molecule has 6 nitrogen and oxygen atoms in total. The van der Waals surface area contributed by atoms with Crippen LogP contribution in [0.5, 0.6) is 0 Å². The predicted molar refractivity (Wildman–Crippen MR) is 82.3 cm³/mol. The number of imidazole rings is 1. The van der Waals surface area contributed by atoms with Crippen molar-refractivity contribution in [3.63, 3.8) is 0 Å². The lowest BCUT2D eigenvalue weighted by molar-refractivity contribution is 0.0849. The van der Waals surface area contributed by atoms with Crippen LogP contribution < -0.4 is 0 Å². The molecule has 0 aromatic carbocycles. The maximum Gasteiger partial charge on any atom is 0.138 e. The standard InChI is InChI=1S/C16H24N4O2/c1-4-21-10-14-6-19(8-15-5-17-11-20(15)7-14)9-16-12(2)18-22-13(16)3/h5,11,14H,4,6-10H2,1-3H3/t14-/m0/s1. The summed E-state index contributed by atoms with van der Waals surface area (Å²) in [6.07, 6.45) is 3.89.